The molecule has 11 nitrogen and oxygen atoms in total. The predicted octanol–water partition coefficient (Wildman–Crippen LogP) is 5.69. The van der Waals surface area contributed by atoms with Crippen molar-refractivity contribution < 1.29 is 33.8 Å². The zero-order chi connectivity index (χ0) is 38.3. The van der Waals surface area contributed by atoms with Gasteiger partial charge in [0.25, 0.3) is 5.91 Å². The number of alkyl carbamates (subject to hydrolysis) is 1. The summed E-state index contributed by atoms with van der Waals surface area (Å²) in [5.41, 5.74) is 6.97. The molecule has 4 aromatic rings. The third-order valence-corrected chi connectivity index (χ3v) is 11.2. The zero-order valence-electron chi connectivity index (χ0n) is 30.5. The number of unbranched alkanes of at least 4 members (excludes halogenated alkanes) is 1. The van der Waals surface area contributed by atoms with E-state index < -0.39 is 35.8 Å². The number of carboxylic acid groups (broad SMARTS) is 1. The third kappa shape index (κ3) is 8.62. The van der Waals surface area contributed by atoms with Crippen LogP contribution >= 0.6 is 0 Å². The molecule has 1 saturated carbocycles. The molecular weight excluding hydrogens is 697 g/mol. The van der Waals surface area contributed by atoms with Crippen molar-refractivity contribution >= 4 is 29.7 Å². The Kier molecular flexibility index (Phi) is 11.7. The van der Waals surface area contributed by atoms with E-state index in [1.165, 1.54) is 0 Å². The van der Waals surface area contributed by atoms with E-state index >= 15 is 0 Å². The number of carbonyl (C=O) groups is 5. The van der Waals surface area contributed by atoms with Crippen LogP contribution < -0.4 is 21.3 Å². The maximum Gasteiger partial charge on any atom is 0.407 e. The van der Waals surface area contributed by atoms with E-state index in [1.54, 1.807) is 12.1 Å². The van der Waals surface area contributed by atoms with Gasteiger partial charge in [-0.05, 0) is 84.0 Å². The molecule has 0 radical (unpaired) electrons. The lowest BCUT2D eigenvalue weighted by atomic mass is 9.73. The summed E-state index contributed by atoms with van der Waals surface area (Å²) >= 11 is 0. The lowest BCUT2D eigenvalue weighted by Gasteiger charge is -2.41. The summed E-state index contributed by atoms with van der Waals surface area (Å²) in [6.45, 7) is 0.649. The SMILES string of the molecule is O=C(NCCCC[C@H](NC(=O)c1ccc(-c2ccccc2)cc1)C(=O)NC1CCC2NCC(C(=O)O)C(=O)C2C1)OCC1c2ccccc2-c2ccccc21. The second kappa shape index (κ2) is 17.1. The van der Waals surface area contributed by atoms with Gasteiger partial charge in [-0.2, -0.15) is 0 Å². The molecule has 11 heteroatoms. The van der Waals surface area contributed by atoms with Crippen LogP contribution in [0.1, 0.15) is 65.9 Å². The minimum atomic E-state index is -1.14. The van der Waals surface area contributed by atoms with Crippen LogP contribution in [-0.4, -0.2) is 72.6 Å². The van der Waals surface area contributed by atoms with E-state index in [9.17, 15) is 29.1 Å². The van der Waals surface area contributed by atoms with Crippen molar-refractivity contribution in [3.8, 4) is 22.3 Å². The molecule has 0 spiro atoms. The first-order chi connectivity index (χ1) is 26.8. The number of Topliss-reactive ketones (excluding diaryl/α,β-unsaturated/α-hetero) is 1. The number of aliphatic carboxylic acids is 1. The minimum absolute atomic E-state index is 0.0447. The standard InChI is InChI=1S/C44H46N4O7/c49-40-35-24-30(21-22-38(35)46-25-36(40)43(52)53)47-42(51)39(48-41(50)29-19-17-28(18-20-29)27-10-2-1-3-11-27)16-8-9-23-45-44(54)55-26-37-33-14-6-4-12-31(33)32-13-5-7-15-34(32)37/h1-7,10-15,17-20,30,35-39,46H,8-9,16,21-26H2,(H,45,54)(H,47,51)(H,48,50)(H,52,53)/t30?,35?,36?,38?,39-/m0/s1. The van der Waals surface area contributed by atoms with E-state index in [0.29, 0.717) is 50.6 Å². The Labute approximate surface area is 320 Å². The van der Waals surface area contributed by atoms with Gasteiger partial charge in [-0.25, -0.2) is 4.79 Å². The summed E-state index contributed by atoms with van der Waals surface area (Å²) in [5, 5.41) is 21.5. The minimum Gasteiger partial charge on any atom is -0.481 e. The first-order valence-corrected chi connectivity index (χ1v) is 19.1. The van der Waals surface area contributed by atoms with Crippen LogP contribution in [-0.2, 0) is 19.1 Å². The number of amides is 3. The maximum absolute atomic E-state index is 13.8. The van der Waals surface area contributed by atoms with E-state index in [0.717, 1.165) is 33.4 Å². The molecule has 1 aliphatic heterocycles. The van der Waals surface area contributed by atoms with E-state index in [1.807, 2.05) is 66.7 Å². The van der Waals surface area contributed by atoms with Crippen molar-refractivity contribution in [2.45, 2.75) is 62.6 Å². The molecule has 2 aliphatic carbocycles. The number of benzene rings is 4. The number of nitrogens with one attached hydrogen (secondary N) is 4. The summed E-state index contributed by atoms with van der Waals surface area (Å²) in [5.74, 6) is -3.86. The molecule has 5 atom stereocenters. The molecule has 0 bridgehead atoms. The highest BCUT2D eigenvalue weighted by molar-refractivity contribution is 6.01. The normalized spacial score (nSPS) is 20.6. The number of hydrogen-bond acceptors (Lipinski definition) is 7. The first kappa shape index (κ1) is 37.5. The van der Waals surface area contributed by atoms with Crippen molar-refractivity contribution in [3.63, 3.8) is 0 Å². The molecule has 5 N–H and O–H groups in total. The molecule has 2 fully saturated rings. The fraction of sp³-hybridized carbons (Fsp3) is 0.341. The third-order valence-electron chi connectivity index (χ3n) is 11.2. The monoisotopic (exact) mass is 742 g/mol. The van der Waals surface area contributed by atoms with Crippen molar-refractivity contribution in [2.75, 3.05) is 19.7 Å². The Hall–Kier alpha value is -5.81. The number of carbonyl (C=O) groups excluding carboxylic acids is 4. The van der Waals surface area contributed by atoms with Gasteiger partial charge in [0.1, 0.15) is 18.6 Å². The molecule has 1 saturated heterocycles. The molecule has 55 heavy (non-hydrogen) atoms. The van der Waals surface area contributed by atoms with Crippen LogP contribution in [0.25, 0.3) is 22.3 Å². The van der Waals surface area contributed by atoms with Crippen molar-refractivity contribution in [3.05, 3.63) is 120 Å². The van der Waals surface area contributed by atoms with Gasteiger partial charge in [-0.1, -0.05) is 91.0 Å². The van der Waals surface area contributed by atoms with Crippen molar-refractivity contribution in [2.24, 2.45) is 11.8 Å². The second-order valence-corrected chi connectivity index (χ2v) is 14.7. The molecule has 3 amide bonds. The number of hydrogen-bond donors (Lipinski definition) is 5. The Balaban J connectivity index is 0.939. The van der Waals surface area contributed by atoms with Crippen LogP contribution in [0.2, 0.25) is 0 Å². The molecule has 7 rings (SSSR count). The summed E-state index contributed by atoms with van der Waals surface area (Å²) in [6, 6.07) is 32.0. The van der Waals surface area contributed by atoms with Gasteiger partial charge in [0, 0.05) is 42.6 Å². The predicted molar refractivity (Wildman–Crippen MR) is 207 cm³/mol. The number of rotatable bonds is 13. The highest BCUT2D eigenvalue weighted by Crippen LogP contribution is 2.44. The van der Waals surface area contributed by atoms with Gasteiger partial charge < -0.3 is 31.1 Å². The van der Waals surface area contributed by atoms with Crippen LogP contribution in [0.15, 0.2) is 103 Å². The van der Waals surface area contributed by atoms with Gasteiger partial charge in [-0.3, -0.25) is 19.2 Å². The number of ether oxygens (including phenoxy) is 1. The number of carboxylic acids is 1. The molecule has 4 aromatic carbocycles. The molecule has 3 aliphatic rings. The summed E-state index contributed by atoms with van der Waals surface area (Å²) in [6.07, 6.45) is 2.43. The van der Waals surface area contributed by atoms with Crippen molar-refractivity contribution in [1.29, 1.82) is 0 Å². The number of piperidine rings is 1. The quantitative estimate of drug-likeness (QED) is 0.0863. The average molecular weight is 743 g/mol. The van der Waals surface area contributed by atoms with Crippen LogP contribution in [0, 0.1) is 11.8 Å². The average Bonchev–Trinajstić information content (AvgIpc) is 3.53. The van der Waals surface area contributed by atoms with Crippen molar-refractivity contribution in [1.82, 2.24) is 21.3 Å². The Morgan fingerprint density at radius 1 is 0.800 bits per heavy atom. The van der Waals surface area contributed by atoms with Gasteiger partial charge in [-0.15, -0.1) is 0 Å². The largest absolute Gasteiger partial charge is 0.481 e. The highest BCUT2D eigenvalue weighted by Gasteiger charge is 2.44. The Morgan fingerprint density at radius 2 is 1.45 bits per heavy atom. The first-order valence-electron chi connectivity index (χ1n) is 19.1. The summed E-state index contributed by atoms with van der Waals surface area (Å²) in [4.78, 5) is 64.6. The second-order valence-electron chi connectivity index (χ2n) is 14.7. The molecule has 284 valence electrons. The summed E-state index contributed by atoms with van der Waals surface area (Å²) in [7, 11) is 0. The summed E-state index contributed by atoms with van der Waals surface area (Å²) < 4.78 is 5.66. The zero-order valence-corrected chi connectivity index (χ0v) is 30.5. The maximum atomic E-state index is 13.8. The van der Waals surface area contributed by atoms with Crippen LogP contribution in [0.3, 0.4) is 0 Å². The Bertz CT molecular complexity index is 1990. The van der Waals surface area contributed by atoms with Crippen LogP contribution in [0.5, 0.6) is 0 Å². The topological polar surface area (TPSA) is 163 Å². The molecular formula is C44H46N4O7. The Morgan fingerprint density at radius 3 is 2.15 bits per heavy atom. The number of fused-ring (bicyclic) bond motifs is 4. The lowest BCUT2D eigenvalue weighted by Crippen LogP contribution is -2.59. The van der Waals surface area contributed by atoms with Crippen LogP contribution in [0.4, 0.5) is 4.79 Å². The van der Waals surface area contributed by atoms with Gasteiger partial charge in [0.15, 0.2) is 5.78 Å². The van der Waals surface area contributed by atoms with Gasteiger partial charge in [0.05, 0.1) is 0 Å². The molecule has 0 aromatic heterocycles. The highest BCUT2D eigenvalue weighted by atomic mass is 16.5. The lowest BCUT2D eigenvalue weighted by molar-refractivity contribution is -0.150. The van der Waals surface area contributed by atoms with Gasteiger partial charge in [0.2, 0.25) is 5.91 Å². The fourth-order valence-corrected chi connectivity index (χ4v) is 8.27. The molecule has 1 heterocycles. The van der Waals surface area contributed by atoms with E-state index in [4.69, 9.17) is 4.74 Å². The van der Waals surface area contributed by atoms with E-state index in [-0.39, 0.29) is 42.8 Å². The van der Waals surface area contributed by atoms with E-state index in [2.05, 4.69) is 45.5 Å². The molecule has 4 unspecified atom stereocenters. The fourth-order valence-electron chi connectivity index (χ4n) is 8.27. The number of ketones is 1. The smallest absolute Gasteiger partial charge is 0.407 e. The van der Waals surface area contributed by atoms with Gasteiger partial charge >= 0.3 is 12.1 Å².